The fraction of sp³-hybridized carbons (Fsp3) is 0.227. The van der Waals surface area contributed by atoms with Gasteiger partial charge >= 0.3 is 6.18 Å². The highest BCUT2D eigenvalue weighted by Gasteiger charge is 2.33. The third-order valence-corrected chi connectivity index (χ3v) is 4.76. The van der Waals surface area contributed by atoms with E-state index in [-0.39, 0.29) is 18.0 Å². The Bertz CT molecular complexity index is 1070. The number of ether oxygens (including phenoxy) is 1. The van der Waals surface area contributed by atoms with Crippen molar-refractivity contribution in [3.63, 3.8) is 0 Å². The van der Waals surface area contributed by atoms with Gasteiger partial charge in [-0.15, -0.1) is 0 Å². The second kappa shape index (κ2) is 8.62. The van der Waals surface area contributed by atoms with Gasteiger partial charge in [-0.25, -0.2) is 0 Å². The maximum atomic E-state index is 13.1. The maximum absolute atomic E-state index is 13.1. The van der Waals surface area contributed by atoms with Gasteiger partial charge in [-0.05, 0) is 41.1 Å². The minimum Gasteiger partial charge on any atom is -0.507 e. The highest BCUT2D eigenvalue weighted by Crippen LogP contribution is 2.34. The Hall–Kier alpha value is -3.26. The van der Waals surface area contributed by atoms with Crippen molar-refractivity contribution < 1.29 is 32.7 Å². The highest BCUT2D eigenvalue weighted by molar-refractivity contribution is 5.92. The molecule has 1 amide bonds. The van der Waals surface area contributed by atoms with E-state index in [2.05, 4.69) is 5.32 Å². The van der Waals surface area contributed by atoms with Gasteiger partial charge in [0.05, 0.1) is 31.0 Å². The lowest BCUT2D eigenvalue weighted by molar-refractivity contribution is -0.885. The smallest absolute Gasteiger partial charge is 0.418 e. The molecule has 158 valence electrons. The average Bonchev–Trinajstić information content (AvgIpc) is 2.69. The van der Waals surface area contributed by atoms with Crippen LogP contribution in [0.25, 0.3) is 10.8 Å². The predicted molar refractivity (Wildman–Crippen MR) is 108 cm³/mol. The third kappa shape index (κ3) is 4.83. The van der Waals surface area contributed by atoms with E-state index in [1.165, 1.54) is 18.2 Å². The number of hydrogen-bond donors (Lipinski definition) is 3. The van der Waals surface area contributed by atoms with E-state index in [4.69, 9.17) is 4.74 Å². The normalized spacial score (nSPS) is 12.6. The van der Waals surface area contributed by atoms with Gasteiger partial charge in [-0.2, -0.15) is 13.2 Å². The average molecular weight is 419 g/mol. The number of methoxy groups -OCH3 is 1. The predicted octanol–water partition coefficient (Wildman–Crippen LogP) is 3.23. The number of quaternary nitrogens is 1. The van der Waals surface area contributed by atoms with Crippen LogP contribution in [0.5, 0.6) is 11.5 Å². The molecule has 3 rings (SSSR count). The van der Waals surface area contributed by atoms with E-state index in [1.54, 1.807) is 32.4 Å². The number of phenols is 1. The van der Waals surface area contributed by atoms with Gasteiger partial charge < -0.3 is 20.1 Å². The Labute approximate surface area is 171 Å². The summed E-state index contributed by atoms with van der Waals surface area (Å²) in [6.45, 7) is 0.219. The van der Waals surface area contributed by atoms with Crippen LogP contribution in [0.1, 0.15) is 11.1 Å². The SMILES string of the molecule is COc1ccc2ccc(O)c(C[NH+](C)CC(=O)Nc3ccccc3C(F)(F)F)c2c1. The molecule has 0 aromatic heterocycles. The quantitative estimate of drug-likeness (QED) is 0.575. The van der Waals surface area contributed by atoms with Crippen LogP contribution in [0.4, 0.5) is 18.9 Å². The van der Waals surface area contributed by atoms with Crippen molar-refractivity contribution in [2.45, 2.75) is 12.7 Å². The lowest BCUT2D eigenvalue weighted by Gasteiger charge is -2.18. The number of phenolic OH excluding ortho intramolecular Hbond substituents is 1. The number of halogens is 3. The van der Waals surface area contributed by atoms with Gasteiger partial charge in [0.15, 0.2) is 6.54 Å². The van der Waals surface area contributed by atoms with Gasteiger partial charge in [0.1, 0.15) is 18.0 Å². The number of anilines is 1. The van der Waals surface area contributed by atoms with Crippen LogP contribution in [0.3, 0.4) is 0 Å². The van der Waals surface area contributed by atoms with Crippen LogP contribution in [-0.2, 0) is 17.5 Å². The molecular formula is C22H22F3N2O3+. The number of aromatic hydroxyl groups is 1. The first-order valence-corrected chi connectivity index (χ1v) is 9.25. The molecule has 0 aliphatic rings. The maximum Gasteiger partial charge on any atom is 0.418 e. The summed E-state index contributed by atoms with van der Waals surface area (Å²) in [5.41, 5.74) is -0.539. The fourth-order valence-corrected chi connectivity index (χ4v) is 3.33. The minimum atomic E-state index is -4.56. The summed E-state index contributed by atoms with van der Waals surface area (Å²) < 4.78 is 44.6. The first-order chi connectivity index (χ1) is 14.2. The molecule has 0 fully saturated rings. The van der Waals surface area contributed by atoms with Crippen molar-refractivity contribution in [3.8, 4) is 11.5 Å². The van der Waals surface area contributed by atoms with Gasteiger partial charge in [-0.3, -0.25) is 4.79 Å². The molecule has 1 unspecified atom stereocenters. The molecule has 30 heavy (non-hydrogen) atoms. The second-order valence-corrected chi connectivity index (χ2v) is 7.05. The number of fused-ring (bicyclic) bond motifs is 1. The van der Waals surface area contributed by atoms with E-state index in [1.807, 2.05) is 12.1 Å². The van der Waals surface area contributed by atoms with Crippen molar-refractivity contribution in [2.75, 3.05) is 26.0 Å². The van der Waals surface area contributed by atoms with Crippen LogP contribution in [0.15, 0.2) is 54.6 Å². The number of amides is 1. The number of likely N-dealkylation sites (N-methyl/N-ethyl adjacent to an activating group) is 1. The monoisotopic (exact) mass is 419 g/mol. The molecule has 5 nitrogen and oxygen atoms in total. The number of carbonyl (C=O) groups excluding carboxylic acids is 1. The molecule has 1 atom stereocenters. The van der Waals surface area contributed by atoms with Gasteiger partial charge in [0.25, 0.3) is 5.91 Å². The highest BCUT2D eigenvalue weighted by atomic mass is 19.4. The largest absolute Gasteiger partial charge is 0.507 e. The van der Waals surface area contributed by atoms with Crippen molar-refractivity contribution in [1.82, 2.24) is 0 Å². The van der Waals surface area contributed by atoms with E-state index < -0.39 is 17.6 Å². The number of carbonyl (C=O) groups is 1. The summed E-state index contributed by atoms with van der Waals surface area (Å²) in [6.07, 6.45) is -4.56. The Morgan fingerprint density at radius 2 is 1.83 bits per heavy atom. The van der Waals surface area contributed by atoms with Crippen LogP contribution in [0.2, 0.25) is 0 Å². The standard InChI is InChI=1S/C22H21F3N2O3/c1-27(13-21(29)26-19-6-4-3-5-18(19)22(23,24)25)12-17-16-11-15(30-2)9-7-14(16)8-10-20(17)28/h3-11,28H,12-13H2,1-2H3,(H,26,29)/p+1. The molecule has 3 aromatic carbocycles. The fourth-order valence-electron chi connectivity index (χ4n) is 3.33. The van der Waals surface area contributed by atoms with Gasteiger partial charge in [0.2, 0.25) is 0 Å². The number of nitrogens with one attached hydrogen (secondary N) is 2. The van der Waals surface area contributed by atoms with Gasteiger partial charge in [0, 0.05) is 0 Å². The van der Waals surface area contributed by atoms with E-state index >= 15 is 0 Å². The van der Waals surface area contributed by atoms with Crippen molar-refractivity contribution in [2.24, 2.45) is 0 Å². The van der Waals surface area contributed by atoms with Crippen molar-refractivity contribution in [1.29, 1.82) is 0 Å². The van der Waals surface area contributed by atoms with E-state index in [9.17, 15) is 23.1 Å². The van der Waals surface area contributed by atoms with Crippen LogP contribution < -0.4 is 15.0 Å². The zero-order chi connectivity index (χ0) is 21.9. The summed E-state index contributed by atoms with van der Waals surface area (Å²) in [6, 6.07) is 13.7. The first kappa shape index (κ1) is 21.4. The number of hydrogen-bond acceptors (Lipinski definition) is 3. The summed E-state index contributed by atoms with van der Waals surface area (Å²) in [4.78, 5) is 13.1. The van der Waals surface area contributed by atoms with Gasteiger partial charge in [-0.1, -0.05) is 24.3 Å². The molecule has 0 heterocycles. The molecule has 3 N–H and O–H groups in total. The Morgan fingerprint density at radius 1 is 1.13 bits per heavy atom. The molecule has 0 radical (unpaired) electrons. The minimum absolute atomic E-state index is 0.0774. The molecule has 0 aliphatic carbocycles. The number of rotatable bonds is 6. The number of alkyl halides is 3. The second-order valence-electron chi connectivity index (χ2n) is 7.05. The summed E-state index contributed by atoms with van der Waals surface area (Å²) in [5, 5.41) is 14.4. The lowest BCUT2D eigenvalue weighted by atomic mass is 10.0. The van der Waals surface area contributed by atoms with E-state index in [0.29, 0.717) is 22.8 Å². The summed E-state index contributed by atoms with van der Waals surface area (Å²) in [5.74, 6) is 0.160. The molecule has 0 spiro atoms. The molecule has 8 heteroatoms. The Kier molecular flexibility index (Phi) is 6.17. The molecule has 3 aromatic rings. The van der Waals surface area contributed by atoms with Crippen molar-refractivity contribution in [3.05, 3.63) is 65.7 Å². The van der Waals surface area contributed by atoms with Crippen LogP contribution in [-0.4, -0.2) is 31.7 Å². The Morgan fingerprint density at radius 3 is 2.53 bits per heavy atom. The molecule has 0 bridgehead atoms. The topological polar surface area (TPSA) is 63.0 Å². The third-order valence-electron chi connectivity index (χ3n) is 4.76. The molecular weight excluding hydrogens is 397 g/mol. The lowest BCUT2D eigenvalue weighted by Crippen LogP contribution is -3.08. The number of benzene rings is 3. The zero-order valence-corrected chi connectivity index (χ0v) is 16.5. The Balaban J connectivity index is 1.76. The number of para-hydroxylation sites is 1. The van der Waals surface area contributed by atoms with Crippen molar-refractivity contribution >= 4 is 22.4 Å². The molecule has 0 aliphatic heterocycles. The molecule has 0 saturated heterocycles. The first-order valence-electron chi connectivity index (χ1n) is 9.25. The van der Waals surface area contributed by atoms with Crippen LogP contribution in [0, 0.1) is 0 Å². The molecule has 0 saturated carbocycles. The summed E-state index contributed by atoms with van der Waals surface area (Å²) in [7, 11) is 3.28. The summed E-state index contributed by atoms with van der Waals surface area (Å²) >= 11 is 0. The van der Waals surface area contributed by atoms with Crippen LogP contribution >= 0.6 is 0 Å². The zero-order valence-electron chi connectivity index (χ0n) is 16.5. The van der Waals surface area contributed by atoms with E-state index in [0.717, 1.165) is 16.8 Å².